The van der Waals surface area contributed by atoms with E-state index in [0.29, 0.717) is 0 Å². The third kappa shape index (κ3) is 4.64. The number of nitrogens with one attached hydrogen (secondary N) is 2. The highest BCUT2D eigenvalue weighted by atomic mass is 32.2. The highest BCUT2D eigenvalue weighted by Gasteiger charge is 2.34. The highest BCUT2D eigenvalue weighted by Crippen LogP contribution is 2.20. The summed E-state index contributed by atoms with van der Waals surface area (Å²) in [5, 5.41) is 27.7. The van der Waals surface area contributed by atoms with Crippen LogP contribution in [-0.2, 0) is 19.2 Å². The Morgan fingerprint density at radius 2 is 2.23 bits per heavy atom. The molecule has 1 amide bonds. The topological polar surface area (TPSA) is 176 Å². The molecule has 0 saturated carbocycles. The molecule has 0 saturated heterocycles. The number of thiazole rings is 1. The molecule has 6 N–H and O–H groups in total. The lowest BCUT2D eigenvalue weighted by Crippen LogP contribution is -2.55. The highest BCUT2D eigenvalue weighted by molar-refractivity contribution is 8.00. The molecule has 0 spiro atoms. The van der Waals surface area contributed by atoms with Gasteiger partial charge in [0.25, 0.3) is 5.91 Å². The van der Waals surface area contributed by atoms with Crippen LogP contribution in [0.5, 0.6) is 0 Å². The Labute approximate surface area is 155 Å². The summed E-state index contributed by atoms with van der Waals surface area (Å²) in [6.45, 7) is 0. The van der Waals surface area contributed by atoms with Crippen LogP contribution in [0.3, 0.4) is 0 Å². The largest absolute Gasteiger partial charge is 0.480 e. The number of carbonyl (C=O) groups excluding carboxylic acids is 1. The molecule has 0 fully saturated rings. The Bertz CT molecular complexity index is 777. The van der Waals surface area contributed by atoms with Gasteiger partial charge in [-0.3, -0.25) is 4.79 Å². The van der Waals surface area contributed by atoms with Gasteiger partial charge in [-0.05, 0) is 6.08 Å². The van der Waals surface area contributed by atoms with Gasteiger partial charge in [-0.2, -0.15) is 0 Å². The van der Waals surface area contributed by atoms with Crippen molar-refractivity contribution in [3.63, 3.8) is 0 Å². The fourth-order valence-electron chi connectivity index (χ4n) is 1.99. The average Bonchev–Trinajstić information content (AvgIpc) is 3.03. The maximum atomic E-state index is 12.5. The molecule has 1 aliphatic heterocycles. The van der Waals surface area contributed by atoms with Crippen LogP contribution in [-0.4, -0.2) is 63.0 Å². The number of amides is 1. The number of nitrogens with zero attached hydrogens (tertiary/aromatic N) is 2. The van der Waals surface area contributed by atoms with Gasteiger partial charge in [0.1, 0.15) is 23.9 Å². The average molecular weight is 401 g/mol. The number of carbonyl (C=O) groups is 3. The molecule has 1 aromatic rings. The number of carboxylic acid groups (broad SMARTS) is 2. The lowest BCUT2D eigenvalue weighted by Gasteiger charge is -2.28. The second kappa shape index (κ2) is 8.53. The third-order valence-corrected chi connectivity index (χ3v) is 4.89. The minimum atomic E-state index is -1.42. The summed E-state index contributed by atoms with van der Waals surface area (Å²) in [7, 11) is 1.22. The van der Waals surface area contributed by atoms with E-state index in [1.807, 2.05) is 0 Å². The van der Waals surface area contributed by atoms with E-state index in [4.69, 9.17) is 10.8 Å². The van der Waals surface area contributed by atoms with Crippen LogP contribution >= 0.6 is 23.1 Å². The van der Waals surface area contributed by atoms with Crippen molar-refractivity contribution in [3.05, 3.63) is 22.8 Å². The summed E-state index contributed by atoms with van der Waals surface area (Å²) in [5.74, 6) is -3.13. The lowest BCUT2D eigenvalue weighted by atomic mass is 10.2. The van der Waals surface area contributed by atoms with Crippen molar-refractivity contribution in [3.8, 4) is 0 Å². The molecule has 0 bridgehead atoms. The number of oxime groups is 1. The predicted octanol–water partition coefficient (Wildman–Crippen LogP) is -0.724. The number of aromatic nitrogens is 1. The van der Waals surface area contributed by atoms with Crippen molar-refractivity contribution >= 4 is 51.8 Å². The molecular formula is C13H15N5O6S2. The van der Waals surface area contributed by atoms with Gasteiger partial charge in [-0.25, -0.2) is 14.6 Å². The molecular weight excluding hydrogens is 386 g/mol. The molecule has 0 aliphatic carbocycles. The quantitative estimate of drug-likeness (QED) is 0.289. The van der Waals surface area contributed by atoms with Crippen LogP contribution in [0, 0.1) is 0 Å². The smallest absolute Gasteiger partial charge is 0.351 e. The van der Waals surface area contributed by atoms with Gasteiger partial charge < -0.3 is 31.4 Å². The molecule has 2 atom stereocenters. The molecule has 2 rings (SSSR count). The van der Waals surface area contributed by atoms with Gasteiger partial charge >= 0.3 is 11.9 Å². The van der Waals surface area contributed by atoms with E-state index < -0.39 is 29.3 Å². The van der Waals surface area contributed by atoms with Crippen LogP contribution in [0.1, 0.15) is 5.69 Å². The van der Waals surface area contributed by atoms with Crippen molar-refractivity contribution in [1.82, 2.24) is 15.6 Å². The maximum absolute atomic E-state index is 12.5. The van der Waals surface area contributed by atoms with Gasteiger partial charge in [0.15, 0.2) is 16.9 Å². The van der Waals surface area contributed by atoms with Gasteiger partial charge in [0.2, 0.25) is 0 Å². The van der Waals surface area contributed by atoms with Gasteiger partial charge in [0, 0.05) is 11.1 Å². The Morgan fingerprint density at radius 3 is 2.77 bits per heavy atom. The van der Waals surface area contributed by atoms with Crippen molar-refractivity contribution in [2.24, 2.45) is 5.16 Å². The summed E-state index contributed by atoms with van der Waals surface area (Å²) >= 11 is 2.21. The number of nitrogens with two attached hydrogens (primary N) is 1. The monoisotopic (exact) mass is 401 g/mol. The first-order valence-electron chi connectivity index (χ1n) is 7.01. The van der Waals surface area contributed by atoms with E-state index in [0.717, 1.165) is 23.1 Å². The first-order valence-corrected chi connectivity index (χ1v) is 8.94. The van der Waals surface area contributed by atoms with Crippen molar-refractivity contribution in [2.45, 2.75) is 11.4 Å². The number of anilines is 1. The van der Waals surface area contributed by atoms with Crippen LogP contribution in [0.4, 0.5) is 5.13 Å². The summed E-state index contributed by atoms with van der Waals surface area (Å²) in [6, 6.07) is -1.42. The number of carboxylic acids is 2. The number of hydrogen-bond acceptors (Lipinski definition) is 10. The fraction of sp³-hybridized carbons (Fsp3) is 0.308. The Balaban J connectivity index is 2.19. The van der Waals surface area contributed by atoms with Crippen LogP contribution in [0.15, 0.2) is 22.3 Å². The van der Waals surface area contributed by atoms with Gasteiger partial charge in [-0.15, -0.1) is 23.1 Å². The molecule has 0 radical (unpaired) electrons. The molecule has 13 heteroatoms. The van der Waals surface area contributed by atoms with Crippen LogP contribution < -0.4 is 16.4 Å². The van der Waals surface area contributed by atoms with Crippen molar-refractivity contribution < 1.29 is 29.4 Å². The molecule has 0 aromatic carbocycles. The Morgan fingerprint density at radius 1 is 1.50 bits per heavy atom. The minimum absolute atomic E-state index is 0.131. The number of hydrogen-bond donors (Lipinski definition) is 5. The molecule has 140 valence electrons. The zero-order valence-corrected chi connectivity index (χ0v) is 15.0. The van der Waals surface area contributed by atoms with E-state index in [1.165, 1.54) is 18.6 Å². The summed E-state index contributed by atoms with van der Waals surface area (Å²) in [5.41, 5.74) is 5.28. The first kappa shape index (κ1) is 19.5. The van der Waals surface area contributed by atoms with E-state index in [9.17, 15) is 19.5 Å². The number of nitrogen functional groups attached to an aromatic ring is 1. The number of rotatable bonds is 7. The summed E-state index contributed by atoms with van der Waals surface area (Å²) < 4.78 is 0. The third-order valence-electron chi connectivity index (χ3n) is 3.11. The van der Waals surface area contributed by atoms with E-state index in [1.54, 1.807) is 0 Å². The standard InChI is InChI=1S/C13H15N5O6S2/c1-24-18-7(6-4-26-13(14)16-6)9(19)17-8(12(22)23)10-15-5(11(20)21)2-3-25-10/h2,4,8,10,15H,3H2,1H3,(H2,14,16)(H,17,19)(H,20,21)(H,22,23)/b18-7-/t8?,10-/m1/s1. The van der Waals surface area contributed by atoms with Crippen LogP contribution in [0.2, 0.25) is 0 Å². The Kier molecular flexibility index (Phi) is 6.41. The van der Waals surface area contributed by atoms with Gasteiger partial charge in [-0.1, -0.05) is 5.16 Å². The first-order chi connectivity index (χ1) is 12.3. The maximum Gasteiger partial charge on any atom is 0.351 e. The second-order valence-electron chi connectivity index (χ2n) is 4.80. The van der Waals surface area contributed by atoms with Crippen molar-refractivity contribution in [1.29, 1.82) is 0 Å². The normalized spacial score (nSPS) is 18.3. The van der Waals surface area contributed by atoms with E-state index >= 15 is 0 Å². The SMILES string of the molecule is CO/N=C(\C(=O)NC(C(=O)O)[C@@H]1NC(C(=O)O)=CCS1)c1csc(N)n1. The molecule has 1 aromatic heterocycles. The summed E-state index contributed by atoms with van der Waals surface area (Å²) in [6.07, 6.45) is 1.42. The predicted molar refractivity (Wildman–Crippen MR) is 94.7 cm³/mol. The van der Waals surface area contributed by atoms with E-state index in [2.05, 4.69) is 25.6 Å². The number of aliphatic carboxylic acids is 2. The lowest BCUT2D eigenvalue weighted by molar-refractivity contribution is -0.141. The summed E-state index contributed by atoms with van der Waals surface area (Å²) in [4.78, 5) is 43.7. The van der Waals surface area contributed by atoms with E-state index in [-0.39, 0.29) is 28.0 Å². The van der Waals surface area contributed by atoms with Crippen LogP contribution in [0.25, 0.3) is 0 Å². The number of thioether (sulfide) groups is 1. The Hall–Kier alpha value is -2.80. The molecule has 26 heavy (non-hydrogen) atoms. The molecule has 1 unspecified atom stereocenters. The zero-order chi connectivity index (χ0) is 19.3. The van der Waals surface area contributed by atoms with Crippen molar-refractivity contribution in [2.75, 3.05) is 18.6 Å². The zero-order valence-electron chi connectivity index (χ0n) is 13.3. The van der Waals surface area contributed by atoms with Gasteiger partial charge in [0.05, 0.1) is 0 Å². The molecule has 2 heterocycles. The second-order valence-corrected chi connectivity index (χ2v) is 6.87. The molecule has 11 nitrogen and oxygen atoms in total. The minimum Gasteiger partial charge on any atom is -0.480 e. The molecule has 1 aliphatic rings. The fourth-order valence-corrected chi connectivity index (χ4v) is 3.59.